The van der Waals surface area contributed by atoms with E-state index in [0.29, 0.717) is 5.69 Å². The molecule has 0 aliphatic heterocycles. The zero-order chi connectivity index (χ0) is 14.1. The van der Waals surface area contributed by atoms with Gasteiger partial charge in [0.25, 0.3) is 5.91 Å². The van der Waals surface area contributed by atoms with Gasteiger partial charge in [-0.05, 0) is 24.6 Å². The Morgan fingerprint density at radius 3 is 2.62 bits per heavy atom. The van der Waals surface area contributed by atoms with Gasteiger partial charge in [-0.2, -0.15) is 0 Å². The first kappa shape index (κ1) is 15.1. The van der Waals surface area contributed by atoms with E-state index in [1.165, 1.54) is 11.1 Å². The molecular formula is C16H16ClN3O. The number of fused-ring (bicyclic) bond motifs is 1. The van der Waals surface area contributed by atoms with Crippen molar-refractivity contribution in [2.24, 2.45) is 5.73 Å². The number of halogens is 1. The maximum absolute atomic E-state index is 11.1. The number of aromatic nitrogens is 2. The fourth-order valence-electron chi connectivity index (χ4n) is 2.25. The molecule has 5 heteroatoms. The highest BCUT2D eigenvalue weighted by Gasteiger charge is 2.07. The Hall–Kier alpha value is -2.33. The maximum Gasteiger partial charge on any atom is 0.267 e. The van der Waals surface area contributed by atoms with Gasteiger partial charge in [-0.1, -0.05) is 29.8 Å². The largest absolute Gasteiger partial charge is 0.364 e. The van der Waals surface area contributed by atoms with E-state index in [2.05, 4.69) is 40.7 Å². The lowest BCUT2D eigenvalue weighted by Gasteiger charge is -2.06. The second kappa shape index (κ2) is 5.97. The lowest BCUT2D eigenvalue weighted by atomic mass is 10.1. The first-order valence-electron chi connectivity index (χ1n) is 6.44. The molecule has 0 saturated heterocycles. The first-order valence-corrected chi connectivity index (χ1v) is 6.44. The van der Waals surface area contributed by atoms with Crippen LogP contribution in [0.1, 0.15) is 21.6 Å². The van der Waals surface area contributed by atoms with Crippen LogP contribution >= 0.6 is 12.4 Å². The van der Waals surface area contributed by atoms with Crippen molar-refractivity contribution in [1.82, 2.24) is 9.55 Å². The van der Waals surface area contributed by atoms with Crippen molar-refractivity contribution in [3.8, 4) is 0 Å². The number of nitrogens with zero attached hydrogens (tertiary/aromatic N) is 2. The Labute approximate surface area is 129 Å². The summed E-state index contributed by atoms with van der Waals surface area (Å²) in [6.45, 7) is 2.85. The Morgan fingerprint density at radius 1 is 1.24 bits per heavy atom. The van der Waals surface area contributed by atoms with E-state index in [0.717, 1.165) is 17.4 Å². The number of nitrogens with two attached hydrogens (primary N) is 1. The number of carbonyl (C=O) groups is 1. The third-order valence-corrected chi connectivity index (χ3v) is 3.38. The van der Waals surface area contributed by atoms with Crippen LogP contribution in [0.15, 0.2) is 48.8 Å². The van der Waals surface area contributed by atoms with Crippen LogP contribution < -0.4 is 5.73 Å². The van der Waals surface area contributed by atoms with Crippen molar-refractivity contribution in [1.29, 1.82) is 0 Å². The van der Waals surface area contributed by atoms with Crippen LogP contribution in [0.25, 0.3) is 10.9 Å². The molecule has 0 radical (unpaired) electrons. The molecular weight excluding hydrogens is 286 g/mol. The van der Waals surface area contributed by atoms with Crippen LogP contribution in [0.5, 0.6) is 0 Å². The highest BCUT2D eigenvalue weighted by atomic mass is 35.5. The third-order valence-electron chi connectivity index (χ3n) is 3.38. The van der Waals surface area contributed by atoms with Crippen LogP contribution in [0.2, 0.25) is 0 Å². The summed E-state index contributed by atoms with van der Waals surface area (Å²) in [5.41, 5.74) is 9.01. The second-order valence-corrected chi connectivity index (χ2v) is 4.92. The second-order valence-electron chi connectivity index (χ2n) is 4.92. The third kappa shape index (κ3) is 3.06. The SMILES string of the molecule is Cc1ccc(Cn2ccc3cc(C(N)=O)ncc32)cc1.Cl. The average molecular weight is 302 g/mol. The first-order chi connectivity index (χ1) is 9.63. The van der Waals surface area contributed by atoms with Crippen molar-refractivity contribution >= 4 is 29.2 Å². The lowest BCUT2D eigenvalue weighted by molar-refractivity contribution is 0.0996. The fourth-order valence-corrected chi connectivity index (χ4v) is 2.25. The van der Waals surface area contributed by atoms with Crippen LogP contribution in [0, 0.1) is 6.92 Å². The topological polar surface area (TPSA) is 60.9 Å². The van der Waals surface area contributed by atoms with Crippen LogP contribution in [-0.2, 0) is 6.54 Å². The van der Waals surface area contributed by atoms with Crippen LogP contribution in [0.4, 0.5) is 0 Å². The minimum Gasteiger partial charge on any atom is -0.364 e. The van der Waals surface area contributed by atoms with Crippen molar-refractivity contribution in [2.45, 2.75) is 13.5 Å². The minimum atomic E-state index is -0.502. The van der Waals surface area contributed by atoms with E-state index < -0.39 is 5.91 Å². The number of pyridine rings is 1. The number of benzene rings is 1. The fraction of sp³-hybridized carbons (Fsp3) is 0.125. The van der Waals surface area contributed by atoms with Gasteiger partial charge >= 0.3 is 0 Å². The smallest absolute Gasteiger partial charge is 0.267 e. The molecule has 1 amide bonds. The van der Waals surface area contributed by atoms with E-state index >= 15 is 0 Å². The quantitative estimate of drug-likeness (QED) is 0.808. The lowest BCUT2D eigenvalue weighted by Crippen LogP contribution is -2.12. The molecule has 3 aromatic rings. The number of primary amides is 1. The standard InChI is InChI=1S/C16H15N3O.ClH/c1-11-2-4-12(5-3-11)10-19-7-6-13-8-14(16(17)20)18-9-15(13)19;/h2-9H,10H2,1H3,(H2,17,20);1H. The predicted molar refractivity (Wildman–Crippen MR) is 85.8 cm³/mol. The number of hydrogen-bond donors (Lipinski definition) is 1. The van der Waals surface area contributed by atoms with Crippen molar-refractivity contribution in [3.63, 3.8) is 0 Å². The van der Waals surface area contributed by atoms with E-state index in [1.54, 1.807) is 12.3 Å². The molecule has 21 heavy (non-hydrogen) atoms. The van der Waals surface area contributed by atoms with Gasteiger partial charge in [-0.15, -0.1) is 12.4 Å². The molecule has 0 saturated carbocycles. The molecule has 0 atom stereocenters. The normalized spacial score (nSPS) is 10.3. The Kier molecular flexibility index (Phi) is 4.29. The summed E-state index contributed by atoms with van der Waals surface area (Å²) >= 11 is 0. The van der Waals surface area contributed by atoms with Gasteiger partial charge < -0.3 is 10.3 Å². The molecule has 4 nitrogen and oxygen atoms in total. The van der Waals surface area contributed by atoms with Gasteiger partial charge in [-0.25, -0.2) is 4.98 Å². The van der Waals surface area contributed by atoms with Crippen molar-refractivity contribution in [3.05, 3.63) is 65.6 Å². The molecule has 0 unspecified atom stereocenters. The monoisotopic (exact) mass is 301 g/mol. The van der Waals surface area contributed by atoms with E-state index in [4.69, 9.17) is 5.73 Å². The van der Waals surface area contributed by atoms with Crippen molar-refractivity contribution < 1.29 is 4.79 Å². The number of hydrogen-bond acceptors (Lipinski definition) is 2. The molecule has 0 aliphatic carbocycles. The summed E-state index contributed by atoms with van der Waals surface area (Å²) < 4.78 is 2.11. The van der Waals surface area contributed by atoms with Crippen LogP contribution in [0.3, 0.4) is 0 Å². The number of amides is 1. The molecule has 2 aromatic heterocycles. The van der Waals surface area contributed by atoms with Gasteiger partial charge in [0.2, 0.25) is 0 Å². The van der Waals surface area contributed by atoms with Gasteiger partial charge in [0.1, 0.15) is 5.69 Å². The molecule has 108 valence electrons. The number of aryl methyl sites for hydroxylation is 1. The van der Waals surface area contributed by atoms with Gasteiger partial charge in [0.15, 0.2) is 0 Å². The van der Waals surface area contributed by atoms with Gasteiger partial charge in [-0.3, -0.25) is 4.79 Å². The number of rotatable bonds is 3. The molecule has 0 fully saturated rings. The molecule has 3 rings (SSSR count). The number of carbonyl (C=O) groups excluding carboxylic acids is 1. The van der Waals surface area contributed by atoms with E-state index in [1.807, 2.05) is 12.3 Å². The summed E-state index contributed by atoms with van der Waals surface area (Å²) in [4.78, 5) is 15.2. The van der Waals surface area contributed by atoms with Crippen LogP contribution in [-0.4, -0.2) is 15.5 Å². The molecule has 0 aliphatic rings. The molecule has 2 heterocycles. The molecule has 1 aromatic carbocycles. The van der Waals surface area contributed by atoms with E-state index in [9.17, 15) is 4.79 Å². The van der Waals surface area contributed by atoms with E-state index in [-0.39, 0.29) is 12.4 Å². The average Bonchev–Trinajstić information content (AvgIpc) is 2.84. The summed E-state index contributed by atoms with van der Waals surface area (Å²) in [6, 6.07) is 12.1. The molecule has 0 bridgehead atoms. The maximum atomic E-state index is 11.1. The zero-order valence-electron chi connectivity index (χ0n) is 11.6. The predicted octanol–water partition coefficient (Wildman–Crippen LogP) is 2.91. The summed E-state index contributed by atoms with van der Waals surface area (Å²) in [5, 5.41) is 0.973. The summed E-state index contributed by atoms with van der Waals surface area (Å²) in [5.74, 6) is -0.502. The highest BCUT2D eigenvalue weighted by Crippen LogP contribution is 2.17. The molecule has 0 spiro atoms. The Bertz CT molecular complexity index is 778. The summed E-state index contributed by atoms with van der Waals surface area (Å²) in [7, 11) is 0. The zero-order valence-corrected chi connectivity index (χ0v) is 12.4. The Morgan fingerprint density at radius 2 is 1.95 bits per heavy atom. The highest BCUT2D eigenvalue weighted by molar-refractivity contribution is 5.94. The van der Waals surface area contributed by atoms with Gasteiger partial charge in [0, 0.05) is 18.1 Å². The van der Waals surface area contributed by atoms with Gasteiger partial charge in [0.05, 0.1) is 11.7 Å². The molecule has 2 N–H and O–H groups in total. The Balaban J connectivity index is 0.00000161. The summed E-state index contributed by atoms with van der Waals surface area (Å²) in [6.07, 6.45) is 3.70. The van der Waals surface area contributed by atoms with Crippen molar-refractivity contribution in [2.75, 3.05) is 0 Å². The minimum absolute atomic E-state index is 0.